The van der Waals surface area contributed by atoms with E-state index in [-0.39, 0.29) is 11.2 Å². The Morgan fingerprint density at radius 3 is 2.62 bits per heavy atom. The van der Waals surface area contributed by atoms with E-state index in [1.165, 1.54) is 16.2 Å². The third kappa shape index (κ3) is 4.03. The Hall–Kier alpha value is -3.04. The van der Waals surface area contributed by atoms with E-state index < -0.39 is 11.9 Å². The lowest BCUT2D eigenvalue weighted by atomic mass is 9.98. The van der Waals surface area contributed by atoms with Crippen molar-refractivity contribution in [2.45, 2.75) is 39.2 Å². The van der Waals surface area contributed by atoms with Crippen LogP contribution in [0.2, 0.25) is 0 Å². The Bertz CT molecular complexity index is 1430. The molecule has 1 amide bonds. The molecule has 34 heavy (non-hydrogen) atoms. The van der Waals surface area contributed by atoms with Crippen LogP contribution >= 0.6 is 27.3 Å². The number of halogens is 1. The van der Waals surface area contributed by atoms with E-state index >= 15 is 0 Å². The number of hydrogen-bond acceptors (Lipinski definition) is 7. The zero-order valence-corrected chi connectivity index (χ0v) is 21.1. The van der Waals surface area contributed by atoms with Gasteiger partial charge in [0.15, 0.2) is 5.43 Å². The molecule has 7 nitrogen and oxygen atoms in total. The molecule has 0 N–H and O–H groups in total. The van der Waals surface area contributed by atoms with Gasteiger partial charge >= 0.3 is 0 Å². The number of nitrogens with zero attached hydrogens (tertiary/aromatic N) is 3. The van der Waals surface area contributed by atoms with Crippen LogP contribution in [0.25, 0.3) is 11.0 Å². The van der Waals surface area contributed by atoms with Crippen molar-refractivity contribution in [1.82, 2.24) is 10.2 Å². The minimum absolute atomic E-state index is 0.0394. The summed E-state index contributed by atoms with van der Waals surface area (Å²) in [5, 5.41) is 9.83. The number of carbonyl (C=O) groups is 1. The normalized spacial score (nSPS) is 15.2. The Morgan fingerprint density at radius 2 is 1.91 bits per heavy atom. The fraction of sp³-hybridized carbons (Fsp3) is 0.280. The highest BCUT2D eigenvalue weighted by Crippen LogP contribution is 2.42. The Kier molecular flexibility index (Phi) is 6.22. The van der Waals surface area contributed by atoms with Crippen molar-refractivity contribution >= 4 is 49.3 Å². The zero-order chi connectivity index (χ0) is 23.8. The number of carbonyl (C=O) groups excluding carboxylic acids is 1. The largest absolute Gasteiger partial charge is 0.494 e. The van der Waals surface area contributed by atoms with E-state index in [9.17, 15) is 9.59 Å². The summed E-state index contributed by atoms with van der Waals surface area (Å²) in [4.78, 5) is 28.7. The van der Waals surface area contributed by atoms with E-state index in [0.29, 0.717) is 28.3 Å². The van der Waals surface area contributed by atoms with E-state index in [2.05, 4.69) is 33.1 Å². The monoisotopic (exact) mass is 539 g/mol. The second kappa shape index (κ2) is 9.31. The fourth-order valence-corrected chi connectivity index (χ4v) is 5.20. The Morgan fingerprint density at radius 1 is 1.12 bits per heavy atom. The van der Waals surface area contributed by atoms with Gasteiger partial charge in [-0.05, 0) is 49.2 Å². The van der Waals surface area contributed by atoms with Gasteiger partial charge in [0.2, 0.25) is 10.9 Å². The predicted octanol–water partition coefficient (Wildman–Crippen LogP) is 6.03. The van der Waals surface area contributed by atoms with Gasteiger partial charge in [-0.1, -0.05) is 59.2 Å². The first-order chi connectivity index (χ1) is 16.5. The van der Waals surface area contributed by atoms with Crippen molar-refractivity contribution in [3.8, 4) is 5.75 Å². The summed E-state index contributed by atoms with van der Waals surface area (Å²) >= 11 is 4.72. The lowest BCUT2D eigenvalue weighted by Gasteiger charge is -2.22. The highest BCUT2D eigenvalue weighted by atomic mass is 79.9. The second-order valence-corrected chi connectivity index (χ2v) is 10.2. The number of fused-ring (bicyclic) bond motifs is 2. The molecule has 0 saturated carbocycles. The topological polar surface area (TPSA) is 85.5 Å². The first kappa shape index (κ1) is 22.7. The molecule has 1 unspecified atom stereocenters. The van der Waals surface area contributed by atoms with Crippen molar-refractivity contribution in [1.29, 1.82) is 0 Å². The fourth-order valence-electron chi connectivity index (χ4n) is 4.13. The van der Waals surface area contributed by atoms with E-state index in [1.807, 2.05) is 31.2 Å². The number of ether oxygens (including phenoxy) is 1. The number of anilines is 1. The molecule has 1 atom stereocenters. The first-order valence-electron chi connectivity index (χ1n) is 11.1. The van der Waals surface area contributed by atoms with Crippen LogP contribution in [0, 0.1) is 6.92 Å². The maximum atomic E-state index is 13.6. The SMILES string of the molecule is CCCCCOc1ccc(C2c3c(oc4ccc(Br)cc4c3=O)C(=O)N2c2nnc(C)s2)cc1. The molecule has 5 rings (SSSR count). The summed E-state index contributed by atoms with van der Waals surface area (Å²) < 4.78 is 12.6. The lowest BCUT2D eigenvalue weighted by Crippen LogP contribution is -2.29. The van der Waals surface area contributed by atoms with Crippen molar-refractivity contribution < 1.29 is 13.9 Å². The van der Waals surface area contributed by atoms with Gasteiger partial charge in [0.05, 0.1) is 23.6 Å². The van der Waals surface area contributed by atoms with Gasteiger partial charge in [-0.15, -0.1) is 10.2 Å². The summed E-state index contributed by atoms with van der Waals surface area (Å²) in [6, 6.07) is 12.0. The van der Waals surface area contributed by atoms with Crippen LogP contribution in [-0.4, -0.2) is 22.7 Å². The molecule has 2 aromatic carbocycles. The van der Waals surface area contributed by atoms with Crippen molar-refractivity contribution in [2.24, 2.45) is 0 Å². The van der Waals surface area contributed by atoms with Gasteiger partial charge in [0.1, 0.15) is 16.3 Å². The van der Waals surface area contributed by atoms with Crippen LogP contribution in [0.1, 0.15) is 58.9 Å². The van der Waals surface area contributed by atoms with Gasteiger partial charge < -0.3 is 9.15 Å². The average molecular weight is 540 g/mol. The molecule has 0 aliphatic carbocycles. The van der Waals surface area contributed by atoms with Crippen LogP contribution in [-0.2, 0) is 0 Å². The highest BCUT2D eigenvalue weighted by molar-refractivity contribution is 9.10. The number of aryl methyl sites for hydroxylation is 1. The van der Waals surface area contributed by atoms with Crippen LogP contribution < -0.4 is 15.1 Å². The summed E-state index contributed by atoms with van der Waals surface area (Å²) in [5.74, 6) is 0.382. The molecule has 0 saturated heterocycles. The summed E-state index contributed by atoms with van der Waals surface area (Å²) in [5.41, 5.74) is 1.20. The van der Waals surface area contributed by atoms with Gasteiger partial charge in [0, 0.05) is 4.47 Å². The van der Waals surface area contributed by atoms with Crippen LogP contribution in [0.3, 0.4) is 0 Å². The van der Waals surface area contributed by atoms with Gasteiger partial charge in [-0.25, -0.2) is 0 Å². The molecule has 0 bridgehead atoms. The second-order valence-electron chi connectivity index (χ2n) is 8.12. The Balaban J connectivity index is 1.61. The molecular formula is C25H22BrN3O4S. The van der Waals surface area contributed by atoms with Crippen molar-refractivity contribution in [3.05, 3.63) is 79.1 Å². The predicted molar refractivity (Wildman–Crippen MR) is 135 cm³/mol. The van der Waals surface area contributed by atoms with Crippen LogP contribution in [0.5, 0.6) is 5.75 Å². The smallest absolute Gasteiger partial charge is 0.297 e. The molecule has 0 fully saturated rings. The molecule has 4 aromatic rings. The molecule has 9 heteroatoms. The zero-order valence-electron chi connectivity index (χ0n) is 18.7. The third-order valence-electron chi connectivity index (χ3n) is 5.77. The number of rotatable bonds is 7. The van der Waals surface area contributed by atoms with Gasteiger partial charge in [-0.3, -0.25) is 14.5 Å². The van der Waals surface area contributed by atoms with Crippen LogP contribution in [0.4, 0.5) is 5.13 Å². The maximum absolute atomic E-state index is 13.6. The highest BCUT2D eigenvalue weighted by Gasteiger charge is 2.45. The lowest BCUT2D eigenvalue weighted by molar-refractivity contribution is 0.0970. The number of benzene rings is 2. The van der Waals surface area contributed by atoms with E-state index in [1.54, 1.807) is 18.2 Å². The minimum Gasteiger partial charge on any atom is -0.494 e. The quantitative estimate of drug-likeness (QED) is 0.266. The minimum atomic E-state index is -0.677. The standard InChI is InChI=1S/C25H22BrN3O4S/c1-3-4-5-12-32-17-9-6-15(7-10-17)21-20-22(30)18-13-16(26)8-11-19(18)33-23(20)24(31)29(21)25-28-27-14(2)34-25/h6-11,13,21H,3-5,12H2,1-2H3. The Labute approximate surface area is 208 Å². The van der Waals surface area contributed by atoms with Crippen molar-refractivity contribution in [2.75, 3.05) is 11.5 Å². The van der Waals surface area contributed by atoms with E-state index in [0.717, 1.165) is 40.1 Å². The number of unbranched alkanes of at least 4 members (excludes halogenated alkanes) is 2. The molecular weight excluding hydrogens is 518 g/mol. The van der Waals surface area contributed by atoms with Crippen LogP contribution in [0.15, 0.2) is 56.1 Å². The van der Waals surface area contributed by atoms with Gasteiger partial charge in [0.25, 0.3) is 5.91 Å². The number of hydrogen-bond donors (Lipinski definition) is 0. The van der Waals surface area contributed by atoms with Crippen molar-refractivity contribution in [3.63, 3.8) is 0 Å². The third-order valence-corrected chi connectivity index (χ3v) is 7.10. The molecule has 0 spiro atoms. The summed E-state index contributed by atoms with van der Waals surface area (Å²) in [6.07, 6.45) is 3.25. The maximum Gasteiger partial charge on any atom is 0.297 e. The molecule has 1 aliphatic rings. The average Bonchev–Trinajstić information content (AvgIpc) is 3.38. The molecule has 3 heterocycles. The summed E-state index contributed by atoms with van der Waals surface area (Å²) in [7, 11) is 0. The van der Waals surface area contributed by atoms with Gasteiger partial charge in [-0.2, -0.15) is 0 Å². The number of aromatic nitrogens is 2. The first-order valence-corrected chi connectivity index (χ1v) is 12.7. The molecule has 1 aliphatic heterocycles. The van der Waals surface area contributed by atoms with E-state index in [4.69, 9.17) is 9.15 Å². The molecule has 174 valence electrons. The molecule has 0 radical (unpaired) electrons. The summed E-state index contributed by atoms with van der Waals surface area (Å²) in [6.45, 7) is 4.63. The number of amides is 1. The molecule has 2 aromatic heterocycles.